The maximum absolute atomic E-state index is 11.5. The summed E-state index contributed by atoms with van der Waals surface area (Å²) in [4.78, 5) is 11.5. The SMILES string of the molecule is CC1(C)C=C2CCCC2=CC(=O)C1. The molecule has 0 atom stereocenters. The molecule has 0 aromatic rings. The van der Waals surface area contributed by atoms with Gasteiger partial charge in [0, 0.05) is 6.42 Å². The van der Waals surface area contributed by atoms with Gasteiger partial charge in [0.25, 0.3) is 0 Å². The molecule has 1 fully saturated rings. The molecule has 0 aromatic heterocycles. The van der Waals surface area contributed by atoms with Gasteiger partial charge in [-0.05, 0) is 41.9 Å². The minimum absolute atomic E-state index is 0.0645. The number of carbonyl (C=O) groups is 1. The van der Waals surface area contributed by atoms with Crippen LogP contribution in [0.4, 0.5) is 0 Å². The van der Waals surface area contributed by atoms with Crippen molar-refractivity contribution in [2.75, 3.05) is 0 Å². The number of hydrogen-bond donors (Lipinski definition) is 0. The van der Waals surface area contributed by atoms with Crippen molar-refractivity contribution in [2.24, 2.45) is 5.41 Å². The van der Waals surface area contributed by atoms with Crippen molar-refractivity contribution < 1.29 is 4.79 Å². The molecule has 0 heterocycles. The van der Waals surface area contributed by atoms with E-state index in [4.69, 9.17) is 0 Å². The molecule has 0 amide bonds. The van der Waals surface area contributed by atoms with Crippen LogP contribution in [0, 0.1) is 5.41 Å². The first-order valence-corrected chi connectivity index (χ1v) is 5.02. The Bertz CT molecular complexity index is 305. The molecule has 0 aliphatic heterocycles. The van der Waals surface area contributed by atoms with Crippen molar-refractivity contribution in [1.29, 1.82) is 0 Å². The highest BCUT2D eigenvalue weighted by atomic mass is 16.1. The number of ketones is 1. The average Bonchev–Trinajstić information content (AvgIpc) is 2.30. The Hall–Kier alpha value is -0.850. The normalized spacial score (nSPS) is 26.2. The molecule has 13 heavy (non-hydrogen) atoms. The van der Waals surface area contributed by atoms with Gasteiger partial charge in [-0.2, -0.15) is 0 Å². The van der Waals surface area contributed by atoms with Crippen LogP contribution in [0.25, 0.3) is 0 Å². The molecular formula is C12H16O. The molecule has 1 nitrogen and oxygen atoms in total. The summed E-state index contributed by atoms with van der Waals surface area (Å²) in [7, 11) is 0. The second-order valence-corrected chi connectivity index (χ2v) is 4.82. The maximum Gasteiger partial charge on any atom is 0.156 e. The first-order chi connectivity index (χ1) is 6.07. The van der Waals surface area contributed by atoms with Crippen LogP contribution >= 0.6 is 0 Å². The Labute approximate surface area is 79.5 Å². The van der Waals surface area contributed by atoms with Gasteiger partial charge in [-0.1, -0.05) is 19.9 Å². The van der Waals surface area contributed by atoms with Crippen LogP contribution in [0.5, 0.6) is 0 Å². The van der Waals surface area contributed by atoms with Gasteiger partial charge in [0.15, 0.2) is 5.78 Å². The summed E-state index contributed by atoms with van der Waals surface area (Å²) in [6.07, 6.45) is 8.33. The van der Waals surface area contributed by atoms with E-state index in [1.165, 1.54) is 24.0 Å². The lowest BCUT2D eigenvalue weighted by molar-refractivity contribution is -0.115. The van der Waals surface area contributed by atoms with E-state index in [9.17, 15) is 4.79 Å². The molecule has 2 aliphatic carbocycles. The van der Waals surface area contributed by atoms with E-state index < -0.39 is 0 Å². The maximum atomic E-state index is 11.5. The van der Waals surface area contributed by atoms with Crippen LogP contribution in [0.1, 0.15) is 39.5 Å². The lowest BCUT2D eigenvalue weighted by Gasteiger charge is -2.17. The molecule has 70 valence electrons. The summed E-state index contributed by atoms with van der Waals surface area (Å²) in [6, 6.07) is 0. The predicted molar refractivity (Wildman–Crippen MR) is 53.4 cm³/mol. The highest BCUT2D eigenvalue weighted by Gasteiger charge is 2.26. The molecule has 1 heteroatoms. The standard InChI is InChI=1S/C12H16O/c1-12(2)7-10-5-3-4-9(10)6-11(13)8-12/h6-7H,3-5,8H2,1-2H3. The third-order valence-corrected chi connectivity index (χ3v) is 2.83. The zero-order valence-corrected chi connectivity index (χ0v) is 8.39. The topological polar surface area (TPSA) is 17.1 Å². The molecule has 0 unspecified atom stereocenters. The minimum Gasteiger partial charge on any atom is -0.295 e. The number of hydrogen-bond acceptors (Lipinski definition) is 1. The summed E-state index contributed by atoms with van der Waals surface area (Å²) >= 11 is 0. The fraction of sp³-hybridized carbons (Fsp3) is 0.583. The molecule has 0 aromatic carbocycles. The van der Waals surface area contributed by atoms with Gasteiger partial charge < -0.3 is 0 Å². The second kappa shape index (κ2) is 2.83. The first-order valence-electron chi connectivity index (χ1n) is 5.02. The van der Waals surface area contributed by atoms with Gasteiger partial charge in [0.05, 0.1) is 0 Å². The average molecular weight is 176 g/mol. The van der Waals surface area contributed by atoms with Gasteiger partial charge in [-0.3, -0.25) is 4.79 Å². The van der Waals surface area contributed by atoms with E-state index in [2.05, 4.69) is 19.9 Å². The third kappa shape index (κ3) is 1.74. The molecular weight excluding hydrogens is 160 g/mol. The highest BCUT2D eigenvalue weighted by molar-refractivity contribution is 5.92. The Kier molecular flexibility index (Phi) is 1.90. The van der Waals surface area contributed by atoms with E-state index >= 15 is 0 Å². The quantitative estimate of drug-likeness (QED) is 0.554. The van der Waals surface area contributed by atoms with Crippen LogP contribution < -0.4 is 0 Å². The van der Waals surface area contributed by atoms with Crippen molar-refractivity contribution in [3.8, 4) is 0 Å². The summed E-state index contributed by atoms with van der Waals surface area (Å²) in [5, 5.41) is 0. The van der Waals surface area contributed by atoms with Crippen LogP contribution in [0.15, 0.2) is 23.3 Å². The third-order valence-electron chi connectivity index (χ3n) is 2.83. The van der Waals surface area contributed by atoms with E-state index in [0.717, 1.165) is 6.42 Å². The van der Waals surface area contributed by atoms with Gasteiger partial charge >= 0.3 is 0 Å². The van der Waals surface area contributed by atoms with E-state index in [1.807, 2.05) is 6.08 Å². The number of rotatable bonds is 0. The zero-order chi connectivity index (χ0) is 9.47. The molecule has 2 aliphatic rings. The minimum atomic E-state index is 0.0645. The van der Waals surface area contributed by atoms with Crippen molar-refractivity contribution in [3.05, 3.63) is 23.3 Å². The number of allylic oxidation sites excluding steroid dienone is 4. The number of carbonyl (C=O) groups excluding carboxylic acids is 1. The smallest absolute Gasteiger partial charge is 0.156 e. The van der Waals surface area contributed by atoms with E-state index in [1.54, 1.807) is 0 Å². The Morgan fingerprint density at radius 3 is 2.69 bits per heavy atom. The molecule has 2 rings (SSSR count). The molecule has 0 saturated heterocycles. The molecule has 0 bridgehead atoms. The summed E-state index contributed by atoms with van der Waals surface area (Å²) in [6.45, 7) is 4.29. The van der Waals surface area contributed by atoms with Crippen molar-refractivity contribution in [2.45, 2.75) is 39.5 Å². The largest absolute Gasteiger partial charge is 0.295 e. The fourth-order valence-corrected chi connectivity index (χ4v) is 2.34. The molecule has 0 N–H and O–H groups in total. The van der Waals surface area contributed by atoms with Crippen molar-refractivity contribution in [3.63, 3.8) is 0 Å². The lowest BCUT2D eigenvalue weighted by atomic mass is 9.86. The second-order valence-electron chi connectivity index (χ2n) is 4.82. The van der Waals surface area contributed by atoms with Gasteiger partial charge in [0.1, 0.15) is 0 Å². The van der Waals surface area contributed by atoms with Gasteiger partial charge in [0.2, 0.25) is 0 Å². The monoisotopic (exact) mass is 176 g/mol. The van der Waals surface area contributed by atoms with Crippen LogP contribution in [-0.2, 0) is 4.79 Å². The zero-order valence-electron chi connectivity index (χ0n) is 8.39. The van der Waals surface area contributed by atoms with Crippen molar-refractivity contribution in [1.82, 2.24) is 0 Å². The van der Waals surface area contributed by atoms with Crippen LogP contribution in [0.2, 0.25) is 0 Å². The van der Waals surface area contributed by atoms with Gasteiger partial charge in [-0.25, -0.2) is 0 Å². The fourth-order valence-electron chi connectivity index (χ4n) is 2.34. The molecule has 0 radical (unpaired) electrons. The number of fused-ring (bicyclic) bond motifs is 1. The summed E-state index contributed by atoms with van der Waals surface area (Å²) < 4.78 is 0. The van der Waals surface area contributed by atoms with E-state index in [-0.39, 0.29) is 5.41 Å². The lowest BCUT2D eigenvalue weighted by Crippen LogP contribution is -2.11. The molecule has 0 spiro atoms. The first kappa shape index (κ1) is 8.74. The highest BCUT2D eigenvalue weighted by Crippen LogP contribution is 2.38. The van der Waals surface area contributed by atoms with Crippen LogP contribution in [-0.4, -0.2) is 5.78 Å². The molecule has 1 saturated carbocycles. The summed E-state index contributed by atoms with van der Waals surface area (Å²) in [5.74, 6) is 0.299. The predicted octanol–water partition coefficient (Wildman–Crippen LogP) is 3.02. The summed E-state index contributed by atoms with van der Waals surface area (Å²) in [5.41, 5.74) is 2.79. The Morgan fingerprint density at radius 1 is 1.23 bits per heavy atom. The van der Waals surface area contributed by atoms with Crippen LogP contribution in [0.3, 0.4) is 0 Å². The Balaban J connectivity index is 2.41. The van der Waals surface area contributed by atoms with E-state index in [0.29, 0.717) is 12.2 Å². The van der Waals surface area contributed by atoms with Crippen molar-refractivity contribution >= 4 is 5.78 Å². The Morgan fingerprint density at radius 2 is 1.92 bits per heavy atom. The van der Waals surface area contributed by atoms with Gasteiger partial charge in [-0.15, -0.1) is 0 Å².